The van der Waals surface area contributed by atoms with Crippen LogP contribution in [0.2, 0.25) is 0 Å². The molecule has 0 spiro atoms. The lowest BCUT2D eigenvalue weighted by Crippen LogP contribution is -1.95. The summed E-state index contributed by atoms with van der Waals surface area (Å²) in [4.78, 5) is 14.6. The molecule has 0 saturated heterocycles. The minimum absolute atomic E-state index is 0.111. The summed E-state index contributed by atoms with van der Waals surface area (Å²) >= 11 is 0. The number of benzene rings is 1. The number of hydrogen-bond donors (Lipinski definition) is 1. The van der Waals surface area contributed by atoms with Gasteiger partial charge in [0.25, 0.3) is 0 Å². The zero-order valence-electron chi connectivity index (χ0n) is 11.6. The van der Waals surface area contributed by atoms with Crippen molar-refractivity contribution in [2.24, 2.45) is 0 Å². The lowest BCUT2D eigenvalue weighted by molar-refractivity contribution is -0.131. The molecule has 0 radical (unpaired) electrons. The lowest BCUT2D eigenvalue weighted by atomic mass is 10.2. The molecule has 0 bridgehead atoms. The van der Waals surface area contributed by atoms with Crippen molar-refractivity contribution in [2.45, 2.75) is 13.8 Å². The van der Waals surface area contributed by atoms with E-state index in [1.165, 1.54) is 18.3 Å². The summed E-state index contributed by atoms with van der Waals surface area (Å²) in [6.45, 7) is 3.41. The predicted molar refractivity (Wildman–Crippen MR) is 76.9 cm³/mol. The van der Waals surface area contributed by atoms with E-state index in [9.17, 15) is 9.18 Å². The topological polar surface area (TPSA) is 59.4 Å². The van der Waals surface area contributed by atoms with Gasteiger partial charge in [0.1, 0.15) is 0 Å². The van der Waals surface area contributed by atoms with Gasteiger partial charge in [0.2, 0.25) is 5.88 Å². The lowest BCUT2D eigenvalue weighted by Gasteiger charge is -2.09. The Morgan fingerprint density at radius 3 is 2.76 bits per heavy atom. The fraction of sp³-hybridized carbons (Fsp3) is 0.125. The van der Waals surface area contributed by atoms with E-state index >= 15 is 0 Å². The van der Waals surface area contributed by atoms with Crippen molar-refractivity contribution in [2.75, 3.05) is 0 Å². The number of halogens is 1. The van der Waals surface area contributed by atoms with E-state index in [4.69, 9.17) is 9.84 Å². The van der Waals surface area contributed by atoms with Gasteiger partial charge < -0.3 is 9.84 Å². The Morgan fingerprint density at radius 2 is 2.10 bits per heavy atom. The average Bonchev–Trinajstić information content (AvgIpc) is 2.44. The number of aromatic nitrogens is 1. The number of carboxylic acid groups (broad SMARTS) is 1. The molecule has 0 aliphatic carbocycles. The number of carboxylic acids is 1. The van der Waals surface area contributed by atoms with E-state index in [1.54, 1.807) is 32.0 Å². The first-order valence-corrected chi connectivity index (χ1v) is 6.28. The molecule has 2 rings (SSSR count). The van der Waals surface area contributed by atoms with Crippen molar-refractivity contribution < 1.29 is 19.0 Å². The number of pyridine rings is 1. The molecule has 0 atom stereocenters. The number of rotatable bonds is 4. The fourth-order valence-corrected chi connectivity index (χ4v) is 1.75. The Labute approximate surface area is 121 Å². The minimum Gasteiger partial charge on any atom is -0.478 e. The first-order chi connectivity index (χ1) is 9.97. The smallest absolute Gasteiger partial charge is 0.328 e. The standard InChI is InChI=1S/C16H14FNO3/c1-10-4-3-5-13(15(10)17)21-16-11(2)8-12(9-18-16)6-7-14(19)20/h3-9H,1-2H3,(H,19,20)/b7-6+. The highest BCUT2D eigenvalue weighted by atomic mass is 19.1. The van der Waals surface area contributed by atoms with Crippen LogP contribution in [0.25, 0.3) is 6.08 Å². The van der Waals surface area contributed by atoms with E-state index in [2.05, 4.69) is 4.98 Å². The van der Waals surface area contributed by atoms with Gasteiger partial charge in [-0.15, -0.1) is 0 Å². The van der Waals surface area contributed by atoms with Gasteiger partial charge in [0.05, 0.1) is 0 Å². The average molecular weight is 287 g/mol. The summed E-state index contributed by atoms with van der Waals surface area (Å²) in [5, 5.41) is 8.58. The molecule has 108 valence electrons. The highest BCUT2D eigenvalue weighted by Gasteiger charge is 2.09. The summed E-state index contributed by atoms with van der Waals surface area (Å²) in [7, 11) is 0. The molecule has 0 amide bonds. The van der Waals surface area contributed by atoms with Crippen LogP contribution < -0.4 is 4.74 Å². The van der Waals surface area contributed by atoms with Crippen molar-refractivity contribution in [1.82, 2.24) is 4.98 Å². The van der Waals surface area contributed by atoms with Gasteiger partial charge in [-0.3, -0.25) is 0 Å². The number of hydrogen-bond acceptors (Lipinski definition) is 3. The number of aliphatic carboxylic acids is 1. The summed E-state index contributed by atoms with van der Waals surface area (Å²) in [5.74, 6) is -1.06. The molecule has 0 unspecified atom stereocenters. The summed E-state index contributed by atoms with van der Waals surface area (Å²) in [6.07, 6.45) is 3.92. The third-order valence-corrected chi connectivity index (χ3v) is 2.83. The molecule has 0 aliphatic heterocycles. The molecule has 1 N–H and O–H groups in total. The first kappa shape index (κ1) is 14.7. The zero-order valence-corrected chi connectivity index (χ0v) is 11.6. The van der Waals surface area contributed by atoms with Gasteiger partial charge in [0.15, 0.2) is 11.6 Å². The van der Waals surface area contributed by atoms with Crippen molar-refractivity contribution in [1.29, 1.82) is 0 Å². The minimum atomic E-state index is -1.03. The highest BCUT2D eigenvalue weighted by molar-refractivity contribution is 5.85. The maximum absolute atomic E-state index is 13.9. The van der Waals surface area contributed by atoms with Gasteiger partial charge in [-0.05, 0) is 43.2 Å². The van der Waals surface area contributed by atoms with Crippen LogP contribution in [-0.2, 0) is 4.79 Å². The molecule has 21 heavy (non-hydrogen) atoms. The largest absolute Gasteiger partial charge is 0.478 e. The summed E-state index contributed by atoms with van der Waals surface area (Å²) in [6, 6.07) is 6.60. The van der Waals surface area contributed by atoms with Crippen LogP contribution >= 0.6 is 0 Å². The molecule has 5 heteroatoms. The maximum Gasteiger partial charge on any atom is 0.328 e. The van der Waals surface area contributed by atoms with Crippen LogP contribution in [0.4, 0.5) is 4.39 Å². The van der Waals surface area contributed by atoms with E-state index < -0.39 is 11.8 Å². The molecule has 0 fully saturated rings. The third kappa shape index (κ3) is 3.66. The van der Waals surface area contributed by atoms with Gasteiger partial charge in [-0.1, -0.05) is 12.1 Å². The molecule has 0 aliphatic rings. The Balaban J connectivity index is 2.25. The fourth-order valence-electron chi connectivity index (χ4n) is 1.75. The van der Waals surface area contributed by atoms with Gasteiger partial charge in [0, 0.05) is 17.8 Å². The number of carbonyl (C=O) groups is 1. The van der Waals surface area contributed by atoms with Crippen molar-refractivity contribution in [3.8, 4) is 11.6 Å². The number of nitrogens with zero attached hydrogens (tertiary/aromatic N) is 1. The Bertz CT molecular complexity index is 711. The van der Waals surface area contributed by atoms with Crippen LogP contribution in [0.5, 0.6) is 11.6 Å². The van der Waals surface area contributed by atoms with Crippen molar-refractivity contribution in [3.63, 3.8) is 0 Å². The molecule has 0 saturated carbocycles. The Kier molecular flexibility index (Phi) is 4.33. The van der Waals surface area contributed by atoms with Crippen LogP contribution in [0.15, 0.2) is 36.5 Å². The summed E-state index contributed by atoms with van der Waals surface area (Å²) < 4.78 is 19.4. The maximum atomic E-state index is 13.9. The van der Waals surface area contributed by atoms with Crippen LogP contribution in [0.3, 0.4) is 0 Å². The predicted octanol–water partition coefficient (Wildman–Crippen LogP) is 3.73. The van der Waals surface area contributed by atoms with E-state index in [0.717, 1.165) is 6.08 Å². The molecular formula is C16H14FNO3. The second kappa shape index (κ2) is 6.17. The van der Waals surface area contributed by atoms with Gasteiger partial charge in [-0.25, -0.2) is 14.2 Å². The van der Waals surface area contributed by atoms with Gasteiger partial charge >= 0.3 is 5.97 Å². The second-order valence-corrected chi connectivity index (χ2v) is 4.55. The van der Waals surface area contributed by atoms with Crippen molar-refractivity contribution >= 4 is 12.0 Å². The molecule has 1 heterocycles. The quantitative estimate of drug-likeness (QED) is 0.870. The van der Waals surface area contributed by atoms with Crippen molar-refractivity contribution in [3.05, 3.63) is 59.0 Å². The first-order valence-electron chi connectivity index (χ1n) is 6.28. The Hall–Kier alpha value is -2.69. The number of ether oxygens (including phenoxy) is 1. The highest BCUT2D eigenvalue weighted by Crippen LogP contribution is 2.27. The molecule has 1 aromatic carbocycles. The SMILES string of the molecule is Cc1cc(/C=C/C(=O)O)cnc1Oc1cccc(C)c1F. The van der Waals surface area contributed by atoms with E-state index in [0.29, 0.717) is 16.7 Å². The van der Waals surface area contributed by atoms with E-state index in [-0.39, 0.29) is 11.6 Å². The van der Waals surface area contributed by atoms with Gasteiger partial charge in [-0.2, -0.15) is 0 Å². The molecule has 2 aromatic rings. The normalized spacial score (nSPS) is 10.8. The van der Waals surface area contributed by atoms with Crippen LogP contribution in [0.1, 0.15) is 16.7 Å². The second-order valence-electron chi connectivity index (χ2n) is 4.55. The molecule has 1 aromatic heterocycles. The van der Waals surface area contributed by atoms with Crippen LogP contribution in [0, 0.1) is 19.7 Å². The van der Waals surface area contributed by atoms with E-state index in [1.807, 2.05) is 0 Å². The molecule has 4 nitrogen and oxygen atoms in total. The van der Waals surface area contributed by atoms with Crippen LogP contribution in [-0.4, -0.2) is 16.1 Å². The summed E-state index contributed by atoms with van der Waals surface area (Å²) in [5.41, 5.74) is 1.81. The Morgan fingerprint density at radius 1 is 1.33 bits per heavy atom. The monoisotopic (exact) mass is 287 g/mol. The molecular weight excluding hydrogens is 273 g/mol. The number of aryl methyl sites for hydroxylation is 2. The third-order valence-electron chi connectivity index (χ3n) is 2.83. The zero-order chi connectivity index (χ0) is 15.4.